The van der Waals surface area contributed by atoms with Crippen molar-refractivity contribution in [1.29, 1.82) is 0 Å². The van der Waals surface area contributed by atoms with E-state index in [1.54, 1.807) is 22.7 Å². The van der Waals surface area contributed by atoms with Crippen LogP contribution >= 0.6 is 11.3 Å². The van der Waals surface area contributed by atoms with Gasteiger partial charge in [0.25, 0.3) is 5.56 Å². The molecule has 2 aromatic carbocycles. The van der Waals surface area contributed by atoms with Crippen LogP contribution in [0.2, 0.25) is 0 Å². The Morgan fingerprint density at radius 3 is 2.19 bits per heavy atom. The highest BCUT2D eigenvalue weighted by Crippen LogP contribution is 2.23. The van der Waals surface area contributed by atoms with Gasteiger partial charge in [0.05, 0.1) is 18.5 Å². The Kier molecular flexibility index (Phi) is 6.33. The average Bonchev–Trinajstić information content (AvgIpc) is 3.47. The Hall–Kier alpha value is -4.71. The van der Waals surface area contributed by atoms with E-state index in [9.17, 15) is 4.79 Å². The molecule has 36 heavy (non-hydrogen) atoms. The van der Waals surface area contributed by atoms with Crippen molar-refractivity contribution in [3.8, 4) is 11.4 Å². The first-order valence-corrected chi connectivity index (χ1v) is 11.8. The Morgan fingerprint density at radius 1 is 0.889 bits per heavy atom. The molecule has 0 saturated carbocycles. The SMILES string of the molecule is COc1ccc(Nc2nc(Nc3nccs3)nc(Nc3c(C)n(C)n(-c4ccccc4)c3=O)n2)cc1. The fraction of sp³-hybridized carbons (Fsp3) is 0.125. The van der Waals surface area contributed by atoms with Gasteiger partial charge < -0.3 is 15.4 Å². The molecule has 3 aromatic heterocycles. The normalized spacial score (nSPS) is 10.8. The maximum atomic E-state index is 13.3. The van der Waals surface area contributed by atoms with Crippen LogP contribution in [-0.2, 0) is 7.05 Å². The summed E-state index contributed by atoms with van der Waals surface area (Å²) in [6.45, 7) is 1.86. The molecular formula is C24H23N9O2S. The number of ether oxygens (including phenoxy) is 1. The van der Waals surface area contributed by atoms with Gasteiger partial charge in [0.2, 0.25) is 17.8 Å². The lowest BCUT2D eigenvalue weighted by atomic mass is 10.3. The molecule has 11 nitrogen and oxygen atoms in total. The van der Waals surface area contributed by atoms with Gasteiger partial charge in [-0.2, -0.15) is 15.0 Å². The highest BCUT2D eigenvalue weighted by Gasteiger charge is 2.18. The van der Waals surface area contributed by atoms with Crippen LogP contribution in [0.1, 0.15) is 5.69 Å². The first-order chi connectivity index (χ1) is 17.5. The molecule has 0 amide bonds. The smallest absolute Gasteiger partial charge is 0.295 e. The molecule has 5 rings (SSSR count). The van der Waals surface area contributed by atoms with Crippen LogP contribution in [0.5, 0.6) is 5.75 Å². The van der Waals surface area contributed by atoms with E-state index < -0.39 is 0 Å². The molecule has 0 aliphatic carbocycles. The summed E-state index contributed by atoms with van der Waals surface area (Å²) in [6.07, 6.45) is 1.68. The number of methoxy groups -OCH3 is 1. The van der Waals surface area contributed by atoms with E-state index >= 15 is 0 Å². The van der Waals surface area contributed by atoms with E-state index in [0.717, 1.165) is 22.8 Å². The quantitative estimate of drug-likeness (QED) is 0.284. The number of rotatable bonds is 8. The first-order valence-electron chi connectivity index (χ1n) is 11.0. The van der Waals surface area contributed by atoms with Crippen molar-refractivity contribution in [3.05, 3.63) is 82.2 Å². The Morgan fingerprint density at radius 2 is 1.56 bits per heavy atom. The van der Waals surface area contributed by atoms with Crippen molar-refractivity contribution < 1.29 is 4.74 Å². The van der Waals surface area contributed by atoms with Gasteiger partial charge >= 0.3 is 0 Å². The zero-order valence-corrected chi connectivity index (χ0v) is 20.6. The summed E-state index contributed by atoms with van der Waals surface area (Å²) < 4.78 is 8.59. The summed E-state index contributed by atoms with van der Waals surface area (Å²) in [5, 5.41) is 11.8. The second-order valence-electron chi connectivity index (χ2n) is 7.68. The third kappa shape index (κ3) is 4.74. The van der Waals surface area contributed by atoms with Gasteiger partial charge in [-0.1, -0.05) is 18.2 Å². The van der Waals surface area contributed by atoms with Crippen LogP contribution in [0, 0.1) is 6.92 Å². The van der Waals surface area contributed by atoms with E-state index in [1.165, 1.54) is 11.3 Å². The van der Waals surface area contributed by atoms with Crippen LogP contribution in [-0.4, -0.2) is 36.4 Å². The van der Waals surface area contributed by atoms with Gasteiger partial charge in [-0.05, 0) is 43.3 Å². The molecule has 0 radical (unpaired) electrons. The maximum Gasteiger partial charge on any atom is 0.295 e. The second-order valence-corrected chi connectivity index (χ2v) is 8.58. The standard InChI is InChI=1S/C24H23N9O2S/c1-15-19(20(34)33(32(15)2)17-7-5-4-6-8-17)27-22-28-21(26-16-9-11-18(35-3)12-10-16)29-23(30-22)31-24-25-13-14-36-24/h4-14H,1-3H3,(H3,25,26,27,28,29,30,31). The lowest BCUT2D eigenvalue weighted by Gasteiger charge is -2.10. The topological polar surface area (TPSA) is 124 Å². The lowest BCUT2D eigenvalue weighted by Crippen LogP contribution is -2.20. The number of aromatic nitrogens is 6. The van der Waals surface area contributed by atoms with Crippen LogP contribution in [0.25, 0.3) is 5.69 Å². The fourth-order valence-corrected chi connectivity index (χ4v) is 4.07. The molecule has 12 heteroatoms. The number of para-hydroxylation sites is 1. The average molecular weight is 502 g/mol. The van der Waals surface area contributed by atoms with Gasteiger partial charge in [-0.25, -0.2) is 9.67 Å². The highest BCUT2D eigenvalue weighted by atomic mass is 32.1. The maximum absolute atomic E-state index is 13.3. The molecule has 0 saturated heterocycles. The highest BCUT2D eigenvalue weighted by molar-refractivity contribution is 7.13. The summed E-state index contributed by atoms with van der Waals surface area (Å²) in [6, 6.07) is 16.8. The molecule has 3 N–H and O–H groups in total. The Bertz CT molecular complexity index is 1530. The van der Waals surface area contributed by atoms with Crippen molar-refractivity contribution in [3.63, 3.8) is 0 Å². The fourth-order valence-electron chi connectivity index (χ4n) is 3.55. The predicted molar refractivity (Wildman–Crippen MR) is 141 cm³/mol. The summed E-state index contributed by atoms with van der Waals surface area (Å²) in [5.74, 6) is 1.49. The minimum atomic E-state index is -0.222. The molecular weight excluding hydrogens is 478 g/mol. The van der Waals surface area contributed by atoms with E-state index in [1.807, 2.05) is 73.9 Å². The molecule has 182 valence electrons. The zero-order chi connectivity index (χ0) is 25.1. The van der Waals surface area contributed by atoms with Gasteiger partial charge in [0.1, 0.15) is 11.4 Å². The molecule has 0 unspecified atom stereocenters. The zero-order valence-electron chi connectivity index (χ0n) is 19.8. The summed E-state index contributed by atoms with van der Waals surface area (Å²) in [7, 11) is 3.44. The van der Waals surface area contributed by atoms with Gasteiger partial charge in [0.15, 0.2) is 5.13 Å². The number of hydrogen-bond acceptors (Lipinski definition) is 10. The Balaban J connectivity index is 1.51. The minimum Gasteiger partial charge on any atom is -0.497 e. The van der Waals surface area contributed by atoms with Crippen molar-refractivity contribution in [2.24, 2.45) is 7.05 Å². The molecule has 0 spiro atoms. The van der Waals surface area contributed by atoms with Crippen molar-refractivity contribution in [2.75, 3.05) is 23.1 Å². The predicted octanol–water partition coefficient (Wildman–Crippen LogP) is 4.37. The van der Waals surface area contributed by atoms with Crippen LogP contribution < -0.4 is 26.2 Å². The van der Waals surface area contributed by atoms with E-state index in [-0.39, 0.29) is 23.4 Å². The second kappa shape index (κ2) is 9.88. The van der Waals surface area contributed by atoms with Crippen LogP contribution in [0.15, 0.2) is 71.0 Å². The number of benzene rings is 2. The molecule has 5 aromatic rings. The van der Waals surface area contributed by atoms with E-state index in [0.29, 0.717) is 10.8 Å². The van der Waals surface area contributed by atoms with E-state index in [4.69, 9.17) is 4.74 Å². The number of nitrogens with one attached hydrogen (secondary N) is 3. The molecule has 0 aliphatic rings. The molecule has 0 aliphatic heterocycles. The molecule has 0 atom stereocenters. The van der Waals surface area contributed by atoms with Crippen molar-refractivity contribution >= 4 is 45.7 Å². The number of anilines is 6. The Labute approximate surface area is 210 Å². The summed E-state index contributed by atoms with van der Waals surface area (Å²) in [4.78, 5) is 31.0. The van der Waals surface area contributed by atoms with Gasteiger partial charge in [-0.15, -0.1) is 11.3 Å². The summed E-state index contributed by atoms with van der Waals surface area (Å²) in [5.41, 5.74) is 2.38. The minimum absolute atomic E-state index is 0.200. The molecule has 0 bridgehead atoms. The van der Waals surface area contributed by atoms with Crippen LogP contribution in [0.3, 0.4) is 0 Å². The monoisotopic (exact) mass is 501 g/mol. The van der Waals surface area contributed by atoms with E-state index in [2.05, 4.69) is 35.9 Å². The lowest BCUT2D eigenvalue weighted by molar-refractivity contribution is 0.415. The first kappa shape index (κ1) is 23.1. The van der Waals surface area contributed by atoms with Crippen molar-refractivity contribution in [2.45, 2.75) is 6.92 Å². The summed E-state index contributed by atoms with van der Waals surface area (Å²) >= 11 is 1.42. The van der Waals surface area contributed by atoms with Crippen LogP contribution in [0.4, 0.5) is 34.4 Å². The third-order valence-corrected chi connectivity index (χ3v) is 6.11. The van der Waals surface area contributed by atoms with Gasteiger partial charge in [0, 0.05) is 24.3 Å². The van der Waals surface area contributed by atoms with Gasteiger partial charge in [-0.3, -0.25) is 14.8 Å². The third-order valence-electron chi connectivity index (χ3n) is 5.42. The molecule has 3 heterocycles. The number of hydrogen-bond donors (Lipinski definition) is 3. The number of nitrogens with zero attached hydrogens (tertiary/aromatic N) is 6. The largest absolute Gasteiger partial charge is 0.497 e. The van der Waals surface area contributed by atoms with Crippen molar-refractivity contribution in [1.82, 2.24) is 29.3 Å². The number of thiazole rings is 1. The molecule has 0 fully saturated rings.